The molecule has 0 radical (unpaired) electrons. The smallest absolute Gasteiger partial charge is 0.200 e. The number of likely N-dealkylation sites (tertiary alicyclic amines) is 1. The van der Waals surface area contributed by atoms with Crippen molar-refractivity contribution in [1.82, 2.24) is 9.57 Å². The lowest BCUT2D eigenvalue weighted by molar-refractivity contribution is 0.270. The van der Waals surface area contributed by atoms with Gasteiger partial charge in [-0.05, 0) is 44.9 Å². The third-order valence-electron chi connectivity index (χ3n) is 7.85. The van der Waals surface area contributed by atoms with Crippen LogP contribution in [0.15, 0.2) is 65.7 Å². The highest BCUT2D eigenvalue weighted by molar-refractivity contribution is 7.71. The zero-order valence-electron chi connectivity index (χ0n) is 20.8. The first-order chi connectivity index (χ1) is 16.9. The van der Waals surface area contributed by atoms with Crippen molar-refractivity contribution in [2.24, 2.45) is 4.99 Å². The van der Waals surface area contributed by atoms with Gasteiger partial charge in [0.25, 0.3) is 0 Å². The molecule has 3 aliphatic rings. The topological polar surface area (TPSA) is 18.8 Å². The van der Waals surface area contributed by atoms with E-state index in [0.29, 0.717) is 12.1 Å². The van der Waals surface area contributed by atoms with Crippen LogP contribution < -0.4 is 10.6 Å². The van der Waals surface area contributed by atoms with Gasteiger partial charge in [0.2, 0.25) is 5.96 Å². The minimum absolute atomic E-state index is 0.500. The molecule has 2 aliphatic carbocycles. The Bertz CT molecular complexity index is 842. The molecule has 0 unspecified atom stereocenters. The van der Waals surface area contributed by atoms with Crippen molar-refractivity contribution < 1.29 is 0 Å². The number of benzene rings is 2. The highest BCUT2D eigenvalue weighted by Gasteiger charge is 2.36. The summed E-state index contributed by atoms with van der Waals surface area (Å²) in [5.41, 5.74) is 0. The Hall–Kier alpha value is -1.86. The normalized spacial score (nSPS) is 21.1. The van der Waals surface area contributed by atoms with E-state index in [1.54, 1.807) is 0 Å². The zero-order chi connectivity index (χ0) is 23.0. The summed E-state index contributed by atoms with van der Waals surface area (Å²) in [6.07, 6.45) is 17.3. The van der Waals surface area contributed by atoms with Gasteiger partial charge in [0.15, 0.2) is 0 Å². The van der Waals surface area contributed by atoms with E-state index < -0.39 is 8.07 Å². The van der Waals surface area contributed by atoms with Crippen LogP contribution in [0.5, 0.6) is 0 Å². The van der Waals surface area contributed by atoms with Crippen LogP contribution in [0.3, 0.4) is 0 Å². The van der Waals surface area contributed by atoms with Gasteiger partial charge in [-0.15, -0.1) is 0 Å². The molecule has 1 saturated heterocycles. The Morgan fingerprint density at radius 2 is 1.15 bits per heavy atom. The fraction of sp³-hybridized carbons (Fsp3) is 0.567. The predicted octanol–water partition coefficient (Wildman–Crippen LogP) is 6.84. The average Bonchev–Trinajstić information content (AvgIpc) is 2.93. The van der Waals surface area contributed by atoms with Gasteiger partial charge in [-0.1, -0.05) is 99.2 Å². The van der Waals surface area contributed by atoms with Gasteiger partial charge in [0.05, 0.1) is 14.1 Å². The Morgan fingerprint density at radius 3 is 1.71 bits per heavy atom. The third-order valence-corrected chi connectivity index (χ3v) is 10.4. The second kappa shape index (κ2) is 12.2. The van der Waals surface area contributed by atoms with E-state index in [4.69, 9.17) is 4.99 Å². The molecule has 2 saturated carbocycles. The summed E-state index contributed by atoms with van der Waals surface area (Å²) in [5, 5.41) is 2.92. The summed E-state index contributed by atoms with van der Waals surface area (Å²) in [4.78, 5) is 8.38. The maximum atomic E-state index is 5.69. The third kappa shape index (κ3) is 5.85. The number of guanidine groups is 1. The summed E-state index contributed by atoms with van der Waals surface area (Å²) in [6, 6.07) is 23.8. The molecule has 0 atom stereocenters. The number of nitrogens with zero attached hydrogens (tertiary/aromatic N) is 3. The largest absolute Gasteiger partial charge is 0.343 e. The van der Waals surface area contributed by atoms with Gasteiger partial charge in [-0.25, -0.2) is 4.99 Å². The predicted molar refractivity (Wildman–Crippen MR) is 148 cm³/mol. The molecular weight excluding hydrogens is 433 g/mol. The molecule has 3 nitrogen and oxygen atoms in total. The molecule has 182 valence electrons. The van der Waals surface area contributed by atoms with E-state index >= 15 is 0 Å². The van der Waals surface area contributed by atoms with Crippen molar-refractivity contribution in [1.29, 1.82) is 0 Å². The second-order valence-electron chi connectivity index (χ2n) is 10.4. The summed E-state index contributed by atoms with van der Waals surface area (Å²) in [7, 11) is -0.667. The van der Waals surface area contributed by atoms with E-state index in [2.05, 4.69) is 70.2 Å². The maximum absolute atomic E-state index is 5.69. The first kappa shape index (κ1) is 23.9. The fourth-order valence-electron chi connectivity index (χ4n) is 6.03. The quantitative estimate of drug-likeness (QED) is 0.268. The van der Waals surface area contributed by atoms with E-state index in [0.717, 1.165) is 0 Å². The number of aliphatic imine (C=N–C) groups is 1. The summed E-state index contributed by atoms with van der Waals surface area (Å²) in [5.74, 6) is 1.34. The minimum Gasteiger partial charge on any atom is -0.343 e. The van der Waals surface area contributed by atoms with E-state index in [1.807, 2.05) is 0 Å². The molecule has 2 aromatic carbocycles. The molecule has 0 amide bonds. The first-order valence-electron chi connectivity index (χ1n) is 13.9. The average molecular weight is 476 g/mol. The zero-order valence-corrected chi connectivity index (χ0v) is 21.7. The van der Waals surface area contributed by atoms with Crippen LogP contribution in [-0.4, -0.2) is 40.7 Å². The molecule has 1 heterocycles. The molecule has 5 rings (SSSR count). The number of hydrogen-bond acceptors (Lipinski definition) is 1. The van der Waals surface area contributed by atoms with Crippen LogP contribution in [-0.2, 0) is 0 Å². The van der Waals surface area contributed by atoms with Crippen molar-refractivity contribution in [3.05, 3.63) is 60.7 Å². The van der Waals surface area contributed by atoms with Crippen LogP contribution in [0, 0.1) is 0 Å². The Balaban J connectivity index is 1.62. The van der Waals surface area contributed by atoms with Crippen molar-refractivity contribution in [3.8, 4) is 0 Å². The molecule has 4 heteroatoms. The molecular formula is C30H42N3P. The molecule has 0 spiro atoms. The van der Waals surface area contributed by atoms with Crippen molar-refractivity contribution in [2.45, 2.75) is 95.6 Å². The monoisotopic (exact) mass is 475 g/mol. The SMILES string of the molecule is c1ccc(P(c2ccccc2)N(C(=NC2CCCCC2)N2CCCCC2)C2CCCCC2)cc1. The van der Waals surface area contributed by atoms with Crippen LogP contribution in [0.1, 0.15) is 83.5 Å². The van der Waals surface area contributed by atoms with Crippen molar-refractivity contribution in [2.75, 3.05) is 13.1 Å². The van der Waals surface area contributed by atoms with Crippen LogP contribution in [0.4, 0.5) is 0 Å². The highest BCUT2D eigenvalue weighted by atomic mass is 31.1. The first-order valence-corrected chi connectivity index (χ1v) is 15.2. The maximum Gasteiger partial charge on any atom is 0.200 e. The number of rotatable bonds is 5. The van der Waals surface area contributed by atoms with Crippen molar-refractivity contribution >= 4 is 24.6 Å². The summed E-state index contributed by atoms with van der Waals surface area (Å²) < 4.78 is 2.87. The van der Waals surface area contributed by atoms with Gasteiger partial charge in [0.1, 0.15) is 0 Å². The Labute approximate surface area is 208 Å². The van der Waals surface area contributed by atoms with Crippen LogP contribution in [0.25, 0.3) is 0 Å². The fourth-order valence-corrected chi connectivity index (χ4v) is 8.65. The highest BCUT2D eigenvalue weighted by Crippen LogP contribution is 2.45. The van der Waals surface area contributed by atoms with E-state index in [-0.39, 0.29) is 0 Å². The summed E-state index contributed by atoms with van der Waals surface area (Å²) in [6.45, 7) is 2.34. The van der Waals surface area contributed by atoms with Crippen molar-refractivity contribution in [3.63, 3.8) is 0 Å². The van der Waals surface area contributed by atoms with Gasteiger partial charge in [-0.2, -0.15) is 0 Å². The minimum atomic E-state index is -0.667. The standard InChI is InChI=1S/C30H42N3P/c1-6-16-26(17-7-1)31-30(32-24-14-5-15-25-32)33(27-18-8-2-9-19-27)34(28-20-10-3-11-21-28)29-22-12-4-13-23-29/h3-4,10-13,20-23,26-27H,1-2,5-9,14-19,24-25H2. The Kier molecular flexibility index (Phi) is 8.57. The molecule has 0 aromatic heterocycles. The molecule has 34 heavy (non-hydrogen) atoms. The lowest BCUT2D eigenvalue weighted by atomic mass is 9.95. The number of hydrogen-bond donors (Lipinski definition) is 0. The van der Waals surface area contributed by atoms with Gasteiger partial charge < -0.3 is 9.57 Å². The van der Waals surface area contributed by atoms with E-state index in [9.17, 15) is 0 Å². The number of piperidine rings is 1. The molecule has 3 fully saturated rings. The summed E-state index contributed by atoms with van der Waals surface area (Å²) >= 11 is 0. The Morgan fingerprint density at radius 1 is 0.647 bits per heavy atom. The van der Waals surface area contributed by atoms with E-state index in [1.165, 1.54) is 113 Å². The van der Waals surface area contributed by atoms with Gasteiger partial charge >= 0.3 is 0 Å². The van der Waals surface area contributed by atoms with Gasteiger partial charge in [0, 0.05) is 29.7 Å². The second-order valence-corrected chi connectivity index (χ2v) is 12.5. The van der Waals surface area contributed by atoms with Crippen LogP contribution in [0.2, 0.25) is 0 Å². The molecule has 2 aromatic rings. The molecule has 0 N–H and O–H groups in total. The lowest BCUT2D eigenvalue weighted by Crippen LogP contribution is -2.51. The van der Waals surface area contributed by atoms with Gasteiger partial charge in [-0.3, -0.25) is 0 Å². The lowest BCUT2D eigenvalue weighted by Gasteiger charge is -2.46. The molecule has 1 aliphatic heterocycles. The van der Waals surface area contributed by atoms with Crippen LogP contribution >= 0.6 is 8.07 Å². The molecule has 0 bridgehead atoms.